The highest BCUT2D eigenvalue weighted by Gasteiger charge is 2.35. The molecule has 0 N–H and O–H groups in total. The molecule has 0 radical (unpaired) electrons. The van der Waals surface area contributed by atoms with E-state index in [-0.39, 0.29) is 17.1 Å². The molecule has 0 aliphatic carbocycles. The van der Waals surface area contributed by atoms with Gasteiger partial charge in [-0.2, -0.15) is 0 Å². The molecule has 4 nitrogen and oxygen atoms in total. The fourth-order valence-corrected chi connectivity index (χ4v) is 2.57. The summed E-state index contributed by atoms with van der Waals surface area (Å²) in [6, 6.07) is 17.2. The zero-order chi connectivity index (χ0) is 15.2. The molecular weight excluding hydrogens is 266 g/mol. The Bertz CT molecular complexity index is 610. The molecule has 2 aromatic rings. The number of hydrogen-bond acceptors (Lipinski definition) is 3. The van der Waals surface area contributed by atoms with E-state index in [0.717, 1.165) is 5.56 Å². The Balaban J connectivity index is 2.46. The van der Waals surface area contributed by atoms with Crippen LogP contribution in [0, 0.1) is 10.1 Å². The highest BCUT2D eigenvalue weighted by atomic mass is 16.6. The Morgan fingerprint density at radius 3 is 1.90 bits per heavy atom. The van der Waals surface area contributed by atoms with Crippen LogP contribution < -0.4 is 0 Å². The first-order valence-corrected chi connectivity index (χ1v) is 6.82. The fourth-order valence-electron chi connectivity index (χ4n) is 2.57. The molecule has 0 aromatic heterocycles. The smallest absolute Gasteiger partial charge is 0.245 e. The molecule has 0 aliphatic rings. The van der Waals surface area contributed by atoms with Crippen molar-refractivity contribution in [2.45, 2.75) is 25.3 Å². The predicted octanol–water partition coefficient (Wildman–Crippen LogP) is 3.77. The number of nitrogens with zero attached hydrogens (tertiary/aromatic N) is 1. The molecule has 0 aliphatic heterocycles. The third kappa shape index (κ3) is 3.75. The summed E-state index contributed by atoms with van der Waals surface area (Å²) in [5.41, 5.74) is 1.44. The lowest BCUT2D eigenvalue weighted by Gasteiger charge is -2.20. The summed E-state index contributed by atoms with van der Waals surface area (Å²) >= 11 is 0. The average molecular weight is 283 g/mol. The van der Waals surface area contributed by atoms with Gasteiger partial charge in [-0.05, 0) is 12.5 Å². The van der Waals surface area contributed by atoms with E-state index in [9.17, 15) is 14.9 Å². The van der Waals surface area contributed by atoms with E-state index in [1.807, 2.05) is 36.4 Å². The van der Waals surface area contributed by atoms with Crippen molar-refractivity contribution in [3.05, 3.63) is 81.9 Å². The van der Waals surface area contributed by atoms with Gasteiger partial charge in [0.05, 0.1) is 5.92 Å². The first-order chi connectivity index (χ1) is 10.1. The maximum Gasteiger partial charge on any atom is 0.245 e. The molecule has 0 saturated carbocycles. The Morgan fingerprint density at radius 2 is 1.48 bits per heavy atom. The van der Waals surface area contributed by atoms with Crippen molar-refractivity contribution in [1.82, 2.24) is 0 Å². The molecule has 2 rings (SSSR count). The Morgan fingerprint density at radius 1 is 1.00 bits per heavy atom. The molecule has 0 spiro atoms. The summed E-state index contributed by atoms with van der Waals surface area (Å²) in [6.07, 6.45) is 0.157. The van der Waals surface area contributed by atoms with Gasteiger partial charge in [-0.1, -0.05) is 60.7 Å². The standard InChI is InChI=1S/C17H17NO3/c1-13(19)12-16(14-8-4-2-5-9-14)17(18(20)21)15-10-6-3-7-11-15/h2-11,16-17H,12H2,1H3/t16-,17+/m1/s1. The first kappa shape index (κ1) is 14.9. The monoisotopic (exact) mass is 283 g/mol. The number of carbonyl (C=O) groups excluding carboxylic acids is 1. The van der Waals surface area contributed by atoms with E-state index in [1.54, 1.807) is 24.3 Å². The van der Waals surface area contributed by atoms with Gasteiger partial charge in [0, 0.05) is 16.9 Å². The van der Waals surface area contributed by atoms with E-state index in [0.29, 0.717) is 5.56 Å². The van der Waals surface area contributed by atoms with Crippen LogP contribution in [0.2, 0.25) is 0 Å². The van der Waals surface area contributed by atoms with Crippen LogP contribution in [0.1, 0.15) is 36.4 Å². The normalized spacial score (nSPS) is 13.4. The highest BCUT2D eigenvalue weighted by Crippen LogP contribution is 2.36. The zero-order valence-electron chi connectivity index (χ0n) is 11.8. The van der Waals surface area contributed by atoms with Crippen molar-refractivity contribution < 1.29 is 9.72 Å². The Labute approximate surface area is 123 Å². The molecule has 0 heterocycles. The van der Waals surface area contributed by atoms with Crippen LogP contribution in [0.5, 0.6) is 0 Å². The van der Waals surface area contributed by atoms with E-state index >= 15 is 0 Å². The lowest BCUT2D eigenvalue weighted by atomic mass is 9.84. The van der Waals surface area contributed by atoms with E-state index in [2.05, 4.69) is 0 Å². The summed E-state index contributed by atoms with van der Waals surface area (Å²) in [7, 11) is 0. The van der Waals surface area contributed by atoms with Crippen LogP contribution in [-0.4, -0.2) is 10.7 Å². The Kier molecular flexibility index (Phi) is 4.82. The molecule has 0 fully saturated rings. The van der Waals surface area contributed by atoms with Crippen LogP contribution in [0.25, 0.3) is 0 Å². The number of rotatable bonds is 6. The van der Waals surface area contributed by atoms with Gasteiger partial charge in [0.25, 0.3) is 0 Å². The minimum absolute atomic E-state index is 0.0494. The van der Waals surface area contributed by atoms with Gasteiger partial charge in [-0.15, -0.1) is 0 Å². The highest BCUT2D eigenvalue weighted by molar-refractivity contribution is 5.76. The van der Waals surface area contributed by atoms with E-state index in [4.69, 9.17) is 0 Å². The van der Waals surface area contributed by atoms with Crippen molar-refractivity contribution in [3.8, 4) is 0 Å². The number of Topliss-reactive ketones (excluding diaryl/α,β-unsaturated/α-hetero) is 1. The molecule has 0 unspecified atom stereocenters. The average Bonchev–Trinajstić information content (AvgIpc) is 2.48. The largest absolute Gasteiger partial charge is 0.300 e. The number of ketones is 1. The zero-order valence-corrected chi connectivity index (χ0v) is 11.8. The second-order valence-corrected chi connectivity index (χ2v) is 5.06. The van der Waals surface area contributed by atoms with Crippen LogP contribution in [-0.2, 0) is 4.79 Å². The Hall–Kier alpha value is -2.49. The van der Waals surface area contributed by atoms with Gasteiger partial charge in [-0.3, -0.25) is 10.1 Å². The summed E-state index contributed by atoms with van der Waals surface area (Å²) in [5.74, 6) is -0.507. The summed E-state index contributed by atoms with van der Waals surface area (Å²) in [4.78, 5) is 22.9. The lowest BCUT2D eigenvalue weighted by molar-refractivity contribution is -0.533. The molecule has 0 bridgehead atoms. The van der Waals surface area contributed by atoms with Crippen LogP contribution in [0.3, 0.4) is 0 Å². The number of hydrogen-bond donors (Lipinski definition) is 0. The van der Waals surface area contributed by atoms with Crippen molar-refractivity contribution in [2.24, 2.45) is 0 Å². The van der Waals surface area contributed by atoms with Crippen LogP contribution in [0.15, 0.2) is 60.7 Å². The fraction of sp³-hybridized carbons (Fsp3) is 0.235. The molecule has 21 heavy (non-hydrogen) atoms. The number of carbonyl (C=O) groups is 1. The molecule has 2 atom stereocenters. The van der Waals surface area contributed by atoms with Gasteiger partial charge in [-0.25, -0.2) is 0 Å². The van der Waals surface area contributed by atoms with Gasteiger partial charge >= 0.3 is 0 Å². The minimum Gasteiger partial charge on any atom is -0.300 e. The quantitative estimate of drug-likeness (QED) is 0.599. The lowest BCUT2D eigenvalue weighted by Crippen LogP contribution is -2.21. The predicted molar refractivity (Wildman–Crippen MR) is 80.7 cm³/mol. The van der Waals surface area contributed by atoms with Crippen molar-refractivity contribution >= 4 is 5.78 Å². The molecule has 4 heteroatoms. The molecular formula is C17H17NO3. The topological polar surface area (TPSA) is 60.2 Å². The van der Waals surface area contributed by atoms with E-state index < -0.39 is 12.0 Å². The number of benzene rings is 2. The summed E-state index contributed by atoms with van der Waals surface area (Å²) < 4.78 is 0. The summed E-state index contributed by atoms with van der Waals surface area (Å²) in [5, 5.41) is 11.6. The van der Waals surface area contributed by atoms with Gasteiger partial charge < -0.3 is 4.79 Å². The summed E-state index contributed by atoms with van der Waals surface area (Å²) in [6.45, 7) is 1.47. The number of nitro groups is 1. The van der Waals surface area contributed by atoms with Gasteiger partial charge in [0.15, 0.2) is 0 Å². The second-order valence-electron chi connectivity index (χ2n) is 5.06. The second kappa shape index (κ2) is 6.79. The van der Waals surface area contributed by atoms with Crippen molar-refractivity contribution in [1.29, 1.82) is 0 Å². The molecule has 108 valence electrons. The minimum atomic E-state index is -0.919. The van der Waals surface area contributed by atoms with Crippen molar-refractivity contribution in [2.75, 3.05) is 0 Å². The van der Waals surface area contributed by atoms with Crippen molar-refractivity contribution in [3.63, 3.8) is 0 Å². The van der Waals surface area contributed by atoms with Gasteiger partial charge in [0.2, 0.25) is 6.04 Å². The SMILES string of the molecule is CC(=O)C[C@H](c1ccccc1)[C@H](c1ccccc1)[N+](=O)[O-]. The van der Waals surface area contributed by atoms with E-state index in [1.165, 1.54) is 6.92 Å². The van der Waals surface area contributed by atoms with Gasteiger partial charge in [0.1, 0.15) is 5.78 Å². The molecule has 0 saturated heterocycles. The van der Waals surface area contributed by atoms with Crippen LogP contribution >= 0.6 is 0 Å². The maximum absolute atomic E-state index is 11.6. The third-order valence-electron chi connectivity index (χ3n) is 3.48. The third-order valence-corrected chi connectivity index (χ3v) is 3.48. The van der Waals surface area contributed by atoms with Crippen LogP contribution in [0.4, 0.5) is 0 Å². The first-order valence-electron chi connectivity index (χ1n) is 6.82. The molecule has 2 aromatic carbocycles. The maximum atomic E-state index is 11.6. The molecule has 0 amide bonds.